The van der Waals surface area contributed by atoms with Gasteiger partial charge < -0.3 is 5.32 Å². The summed E-state index contributed by atoms with van der Waals surface area (Å²) in [5.74, 6) is 0.863. The van der Waals surface area contributed by atoms with Gasteiger partial charge in [-0.3, -0.25) is 0 Å². The quantitative estimate of drug-likeness (QED) is 0.762. The standard InChI is InChI=1S/C14H14N4/c1-11-9-13-14(15-7-8-18(13)17-11)16-10-12-5-3-2-4-6-12/h2-9H,10H2,1H3,(H,15,16). The lowest BCUT2D eigenvalue weighted by atomic mass is 10.2. The first-order valence-corrected chi connectivity index (χ1v) is 5.92. The van der Waals surface area contributed by atoms with Gasteiger partial charge >= 0.3 is 0 Å². The summed E-state index contributed by atoms with van der Waals surface area (Å²) in [6, 6.07) is 12.3. The summed E-state index contributed by atoms with van der Waals surface area (Å²) in [6.45, 7) is 2.74. The average Bonchev–Trinajstić information content (AvgIpc) is 2.78. The summed E-state index contributed by atoms with van der Waals surface area (Å²) in [5.41, 5.74) is 3.23. The fraction of sp³-hybridized carbons (Fsp3) is 0.143. The van der Waals surface area contributed by atoms with E-state index in [2.05, 4.69) is 27.5 Å². The molecule has 0 unspecified atom stereocenters. The number of nitrogens with zero attached hydrogens (tertiary/aromatic N) is 3. The molecule has 0 bridgehead atoms. The van der Waals surface area contributed by atoms with E-state index < -0.39 is 0 Å². The summed E-state index contributed by atoms with van der Waals surface area (Å²) in [4.78, 5) is 4.36. The summed E-state index contributed by atoms with van der Waals surface area (Å²) < 4.78 is 1.84. The van der Waals surface area contributed by atoms with Gasteiger partial charge in [0.05, 0.1) is 5.69 Å². The predicted molar refractivity (Wildman–Crippen MR) is 71.5 cm³/mol. The number of anilines is 1. The van der Waals surface area contributed by atoms with E-state index in [4.69, 9.17) is 0 Å². The van der Waals surface area contributed by atoms with Gasteiger partial charge in [0.15, 0.2) is 5.82 Å². The largest absolute Gasteiger partial charge is 0.364 e. The van der Waals surface area contributed by atoms with Gasteiger partial charge in [0.25, 0.3) is 0 Å². The van der Waals surface area contributed by atoms with Crippen LogP contribution in [0.4, 0.5) is 5.82 Å². The van der Waals surface area contributed by atoms with Gasteiger partial charge in [-0.2, -0.15) is 5.10 Å². The molecule has 0 fully saturated rings. The van der Waals surface area contributed by atoms with Gasteiger partial charge in [-0.1, -0.05) is 30.3 Å². The van der Waals surface area contributed by atoms with Crippen LogP contribution in [0, 0.1) is 6.92 Å². The number of fused-ring (bicyclic) bond motifs is 1. The second-order valence-electron chi connectivity index (χ2n) is 4.23. The van der Waals surface area contributed by atoms with Crippen molar-refractivity contribution in [1.82, 2.24) is 14.6 Å². The maximum absolute atomic E-state index is 4.37. The normalized spacial score (nSPS) is 10.7. The smallest absolute Gasteiger partial charge is 0.152 e. The molecule has 3 rings (SSSR count). The van der Waals surface area contributed by atoms with Crippen LogP contribution in [0.1, 0.15) is 11.3 Å². The highest BCUT2D eigenvalue weighted by Crippen LogP contribution is 2.15. The van der Waals surface area contributed by atoms with Crippen molar-refractivity contribution in [2.45, 2.75) is 13.5 Å². The first-order chi connectivity index (χ1) is 8.83. The van der Waals surface area contributed by atoms with E-state index in [0.29, 0.717) is 0 Å². The Morgan fingerprint density at radius 1 is 1.22 bits per heavy atom. The Balaban J connectivity index is 1.86. The van der Waals surface area contributed by atoms with Crippen molar-refractivity contribution < 1.29 is 0 Å². The lowest BCUT2D eigenvalue weighted by Crippen LogP contribution is -2.03. The fourth-order valence-electron chi connectivity index (χ4n) is 1.96. The molecule has 3 aromatic rings. The Morgan fingerprint density at radius 2 is 2.06 bits per heavy atom. The zero-order valence-electron chi connectivity index (χ0n) is 10.2. The molecule has 0 amide bonds. The van der Waals surface area contributed by atoms with Crippen LogP contribution in [0.25, 0.3) is 5.52 Å². The van der Waals surface area contributed by atoms with E-state index in [1.54, 1.807) is 6.20 Å². The van der Waals surface area contributed by atoms with Crippen LogP contribution < -0.4 is 5.32 Å². The Kier molecular flexibility index (Phi) is 2.68. The summed E-state index contributed by atoms with van der Waals surface area (Å²) in [5, 5.41) is 7.71. The number of aromatic nitrogens is 3. The molecule has 0 aliphatic heterocycles. The second-order valence-corrected chi connectivity index (χ2v) is 4.23. The number of nitrogens with one attached hydrogen (secondary N) is 1. The third kappa shape index (κ3) is 2.05. The lowest BCUT2D eigenvalue weighted by molar-refractivity contribution is 0.920. The van der Waals surface area contributed by atoms with Crippen LogP contribution in [-0.4, -0.2) is 14.6 Å². The Hall–Kier alpha value is -2.36. The maximum Gasteiger partial charge on any atom is 0.152 e. The minimum atomic E-state index is 0.762. The van der Waals surface area contributed by atoms with E-state index >= 15 is 0 Å². The Morgan fingerprint density at radius 3 is 2.89 bits per heavy atom. The van der Waals surface area contributed by atoms with Crippen molar-refractivity contribution >= 4 is 11.3 Å². The Labute approximate surface area is 105 Å². The number of rotatable bonds is 3. The molecular formula is C14H14N4. The van der Waals surface area contributed by atoms with Gasteiger partial charge in [-0.05, 0) is 18.6 Å². The minimum Gasteiger partial charge on any atom is -0.364 e. The molecule has 0 atom stereocenters. The van der Waals surface area contributed by atoms with E-state index in [-0.39, 0.29) is 0 Å². The SMILES string of the molecule is Cc1cc2c(NCc3ccccc3)nccn2n1. The number of aryl methyl sites for hydroxylation is 1. The van der Waals surface area contributed by atoms with E-state index in [0.717, 1.165) is 23.6 Å². The molecule has 2 heterocycles. The van der Waals surface area contributed by atoms with Crippen LogP contribution in [0.15, 0.2) is 48.8 Å². The van der Waals surface area contributed by atoms with Crippen LogP contribution in [0.5, 0.6) is 0 Å². The summed E-state index contributed by atoms with van der Waals surface area (Å²) in [6.07, 6.45) is 3.61. The fourth-order valence-corrected chi connectivity index (χ4v) is 1.96. The van der Waals surface area contributed by atoms with Gasteiger partial charge in [0.1, 0.15) is 5.52 Å². The highest BCUT2D eigenvalue weighted by molar-refractivity contribution is 5.67. The second kappa shape index (κ2) is 4.49. The number of hydrogen-bond donors (Lipinski definition) is 1. The van der Waals surface area contributed by atoms with Gasteiger partial charge in [0, 0.05) is 18.9 Å². The number of benzene rings is 1. The predicted octanol–water partition coefficient (Wildman–Crippen LogP) is 2.65. The molecule has 0 aliphatic carbocycles. The molecule has 2 aromatic heterocycles. The molecule has 4 heteroatoms. The third-order valence-electron chi connectivity index (χ3n) is 2.81. The van der Waals surface area contributed by atoms with Crippen LogP contribution in [0.2, 0.25) is 0 Å². The highest BCUT2D eigenvalue weighted by atomic mass is 15.2. The van der Waals surface area contributed by atoms with E-state index in [9.17, 15) is 0 Å². The average molecular weight is 238 g/mol. The van der Waals surface area contributed by atoms with Crippen molar-refractivity contribution in [2.75, 3.05) is 5.32 Å². The zero-order valence-corrected chi connectivity index (χ0v) is 10.2. The van der Waals surface area contributed by atoms with Crippen molar-refractivity contribution in [3.63, 3.8) is 0 Å². The third-order valence-corrected chi connectivity index (χ3v) is 2.81. The lowest BCUT2D eigenvalue weighted by Gasteiger charge is -2.06. The minimum absolute atomic E-state index is 0.762. The molecule has 0 radical (unpaired) electrons. The van der Waals surface area contributed by atoms with Gasteiger partial charge in [-0.25, -0.2) is 9.50 Å². The molecule has 0 aliphatic rings. The van der Waals surface area contributed by atoms with E-state index in [1.807, 2.05) is 41.9 Å². The zero-order chi connectivity index (χ0) is 12.4. The molecule has 1 N–H and O–H groups in total. The topological polar surface area (TPSA) is 42.2 Å². The van der Waals surface area contributed by atoms with Gasteiger partial charge in [0.2, 0.25) is 0 Å². The van der Waals surface area contributed by atoms with Crippen LogP contribution in [0.3, 0.4) is 0 Å². The van der Waals surface area contributed by atoms with Crippen LogP contribution >= 0.6 is 0 Å². The van der Waals surface area contributed by atoms with Crippen LogP contribution in [-0.2, 0) is 6.54 Å². The van der Waals surface area contributed by atoms with Crippen molar-refractivity contribution in [3.8, 4) is 0 Å². The summed E-state index contributed by atoms with van der Waals surface area (Å²) >= 11 is 0. The molecular weight excluding hydrogens is 224 g/mol. The first-order valence-electron chi connectivity index (χ1n) is 5.92. The molecule has 1 aromatic carbocycles. The molecule has 0 saturated heterocycles. The molecule has 18 heavy (non-hydrogen) atoms. The Bertz CT molecular complexity index is 658. The number of hydrogen-bond acceptors (Lipinski definition) is 3. The first kappa shape index (κ1) is 10.8. The van der Waals surface area contributed by atoms with Crippen molar-refractivity contribution in [1.29, 1.82) is 0 Å². The molecule has 90 valence electrons. The molecule has 4 nitrogen and oxygen atoms in total. The summed E-state index contributed by atoms with van der Waals surface area (Å²) in [7, 11) is 0. The van der Waals surface area contributed by atoms with E-state index in [1.165, 1.54) is 5.56 Å². The maximum atomic E-state index is 4.37. The molecule has 0 spiro atoms. The van der Waals surface area contributed by atoms with Crippen molar-refractivity contribution in [3.05, 3.63) is 60.0 Å². The van der Waals surface area contributed by atoms with Crippen molar-refractivity contribution in [2.24, 2.45) is 0 Å². The van der Waals surface area contributed by atoms with Gasteiger partial charge in [-0.15, -0.1) is 0 Å². The highest BCUT2D eigenvalue weighted by Gasteiger charge is 2.04. The molecule has 0 saturated carbocycles. The monoisotopic (exact) mass is 238 g/mol.